The number of aromatic nitrogens is 2. The van der Waals surface area contributed by atoms with Crippen LogP contribution in [0.15, 0.2) is 34.7 Å². The molecule has 25 heavy (non-hydrogen) atoms. The highest BCUT2D eigenvalue weighted by molar-refractivity contribution is 5.81. The number of hydrogen-bond donors (Lipinski definition) is 0. The fourth-order valence-corrected chi connectivity index (χ4v) is 2.90. The molecule has 2 aromatic rings. The van der Waals surface area contributed by atoms with E-state index < -0.39 is 0 Å². The average molecular weight is 344 g/mol. The zero-order chi connectivity index (χ0) is 17.8. The molecule has 2 atom stereocenters. The highest BCUT2D eigenvalue weighted by Crippen LogP contribution is 2.22. The maximum atomic E-state index is 12.9. The minimum Gasteiger partial charge on any atom is -0.423 e. The number of benzene rings is 1. The second kappa shape index (κ2) is 7.76. The van der Waals surface area contributed by atoms with Gasteiger partial charge in [-0.15, -0.1) is 10.2 Å². The Balaban J connectivity index is 1.61. The number of morpholine rings is 1. The second-order valence-electron chi connectivity index (χ2n) is 6.38. The normalized spacial score (nSPS) is 19.2. The molecule has 3 rings (SSSR count). The Morgan fingerprint density at radius 3 is 2.80 bits per heavy atom. The van der Waals surface area contributed by atoms with Crippen LogP contribution < -0.4 is 0 Å². The van der Waals surface area contributed by atoms with Crippen molar-refractivity contribution in [3.05, 3.63) is 47.7 Å². The summed E-state index contributed by atoms with van der Waals surface area (Å²) in [7, 11) is 1.97. The van der Waals surface area contributed by atoms with Gasteiger partial charge >= 0.3 is 0 Å². The van der Waals surface area contributed by atoms with E-state index in [1.54, 1.807) is 6.92 Å². The van der Waals surface area contributed by atoms with E-state index in [0.29, 0.717) is 31.5 Å². The molecular formula is C18H24N4O3. The van der Waals surface area contributed by atoms with Crippen LogP contribution in [0.3, 0.4) is 0 Å². The molecule has 1 aliphatic rings. The lowest BCUT2D eigenvalue weighted by molar-refractivity contribution is -0.144. The zero-order valence-corrected chi connectivity index (χ0v) is 14.9. The van der Waals surface area contributed by atoms with Crippen molar-refractivity contribution in [3.63, 3.8) is 0 Å². The summed E-state index contributed by atoms with van der Waals surface area (Å²) in [6.07, 6.45) is -0.356. The van der Waals surface area contributed by atoms with Gasteiger partial charge in [0, 0.05) is 20.0 Å². The Morgan fingerprint density at radius 1 is 1.36 bits per heavy atom. The predicted molar refractivity (Wildman–Crippen MR) is 91.7 cm³/mol. The van der Waals surface area contributed by atoms with E-state index in [2.05, 4.69) is 27.2 Å². The number of carbonyl (C=O) groups excluding carboxylic acids is 1. The molecule has 0 radical (unpaired) electrons. The highest BCUT2D eigenvalue weighted by atomic mass is 16.5. The number of ether oxygens (including phenoxy) is 1. The lowest BCUT2D eigenvalue weighted by Gasteiger charge is -2.35. The van der Waals surface area contributed by atoms with Gasteiger partial charge in [0.25, 0.3) is 0 Å². The minimum absolute atomic E-state index is 0.0861. The molecule has 1 aromatic carbocycles. The van der Waals surface area contributed by atoms with Gasteiger partial charge in [0.1, 0.15) is 0 Å². The molecule has 7 heteroatoms. The number of amides is 1. The van der Waals surface area contributed by atoms with Gasteiger partial charge in [0.05, 0.1) is 19.2 Å². The van der Waals surface area contributed by atoms with E-state index >= 15 is 0 Å². The number of aryl methyl sites for hydroxylation is 1. The van der Waals surface area contributed by atoms with Crippen molar-refractivity contribution in [1.29, 1.82) is 0 Å². The molecule has 1 amide bonds. The molecule has 1 saturated heterocycles. The van der Waals surface area contributed by atoms with Crippen molar-refractivity contribution in [2.24, 2.45) is 0 Å². The number of carbonyl (C=O) groups is 1. The third kappa shape index (κ3) is 4.24. The van der Waals surface area contributed by atoms with Gasteiger partial charge in [0.15, 0.2) is 6.10 Å². The first-order chi connectivity index (χ1) is 12.0. The van der Waals surface area contributed by atoms with E-state index in [9.17, 15) is 4.79 Å². The molecule has 1 aromatic heterocycles. The van der Waals surface area contributed by atoms with Gasteiger partial charge in [-0.2, -0.15) is 0 Å². The minimum atomic E-state index is -0.356. The molecule has 0 saturated carbocycles. The van der Waals surface area contributed by atoms with Gasteiger partial charge < -0.3 is 14.1 Å². The predicted octanol–water partition coefficient (Wildman–Crippen LogP) is 1.80. The summed E-state index contributed by atoms with van der Waals surface area (Å²) in [6.45, 7) is 5.88. The number of nitrogens with zero attached hydrogens (tertiary/aromatic N) is 4. The highest BCUT2D eigenvalue weighted by Gasteiger charge is 2.32. The van der Waals surface area contributed by atoms with Crippen LogP contribution in [-0.4, -0.2) is 58.7 Å². The molecule has 1 aliphatic heterocycles. The Bertz CT molecular complexity index is 703. The van der Waals surface area contributed by atoms with Crippen LogP contribution in [0.5, 0.6) is 0 Å². The maximum Gasteiger partial charge on any atom is 0.246 e. The van der Waals surface area contributed by atoms with Gasteiger partial charge in [-0.25, -0.2) is 0 Å². The molecule has 0 bridgehead atoms. The van der Waals surface area contributed by atoms with Crippen LogP contribution in [0.1, 0.15) is 30.4 Å². The Kier molecular flexibility index (Phi) is 5.45. The fraction of sp³-hybridized carbons (Fsp3) is 0.500. The van der Waals surface area contributed by atoms with Crippen molar-refractivity contribution in [3.8, 4) is 0 Å². The number of rotatable bonds is 5. The third-order valence-corrected chi connectivity index (χ3v) is 4.49. The average Bonchev–Trinajstić information content (AvgIpc) is 3.08. The fourth-order valence-electron chi connectivity index (χ4n) is 2.90. The smallest absolute Gasteiger partial charge is 0.246 e. The summed E-state index contributed by atoms with van der Waals surface area (Å²) >= 11 is 0. The van der Waals surface area contributed by atoms with Crippen molar-refractivity contribution in [1.82, 2.24) is 20.0 Å². The largest absolute Gasteiger partial charge is 0.423 e. The second-order valence-corrected chi connectivity index (χ2v) is 6.38. The summed E-state index contributed by atoms with van der Waals surface area (Å²) in [5.41, 5.74) is 1.19. The van der Waals surface area contributed by atoms with Crippen LogP contribution in [0.4, 0.5) is 0 Å². The topological polar surface area (TPSA) is 71.7 Å². The van der Waals surface area contributed by atoms with Crippen LogP contribution in [-0.2, 0) is 16.1 Å². The van der Waals surface area contributed by atoms with Gasteiger partial charge in [-0.3, -0.25) is 9.69 Å². The first kappa shape index (κ1) is 17.6. The quantitative estimate of drug-likeness (QED) is 0.824. The number of likely N-dealkylation sites (N-methyl/N-ethyl adjacent to an activating group) is 1. The SMILES string of the molecule is Cc1nnc([C@@H]2CN(C(=O)[C@@H](C)N(C)Cc3ccccc3)CCO2)o1. The monoisotopic (exact) mass is 344 g/mol. The lowest BCUT2D eigenvalue weighted by atomic mass is 10.1. The summed E-state index contributed by atoms with van der Waals surface area (Å²) in [4.78, 5) is 16.7. The Hall–Kier alpha value is -2.25. The Labute approximate surface area is 147 Å². The van der Waals surface area contributed by atoms with Crippen molar-refractivity contribution in [2.45, 2.75) is 32.5 Å². The summed E-state index contributed by atoms with van der Waals surface area (Å²) in [6, 6.07) is 9.92. The molecule has 7 nitrogen and oxygen atoms in total. The number of hydrogen-bond acceptors (Lipinski definition) is 6. The van der Waals surface area contributed by atoms with E-state index in [1.165, 1.54) is 5.56 Å². The molecule has 0 unspecified atom stereocenters. The van der Waals surface area contributed by atoms with Gasteiger partial charge in [0.2, 0.25) is 17.7 Å². The molecule has 0 N–H and O–H groups in total. The van der Waals surface area contributed by atoms with Crippen molar-refractivity contribution < 1.29 is 13.9 Å². The first-order valence-corrected chi connectivity index (χ1v) is 8.49. The van der Waals surface area contributed by atoms with Crippen LogP contribution in [0, 0.1) is 6.92 Å². The molecular weight excluding hydrogens is 320 g/mol. The molecule has 134 valence electrons. The lowest BCUT2D eigenvalue weighted by Crippen LogP contribution is -2.50. The van der Waals surface area contributed by atoms with E-state index in [4.69, 9.17) is 9.15 Å². The van der Waals surface area contributed by atoms with Crippen LogP contribution >= 0.6 is 0 Å². The summed E-state index contributed by atoms with van der Waals surface area (Å²) < 4.78 is 11.1. The van der Waals surface area contributed by atoms with E-state index in [-0.39, 0.29) is 18.1 Å². The maximum absolute atomic E-state index is 12.9. The van der Waals surface area contributed by atoms with E-state index in [1.807, 2.05) is 37.1 Å². The third-order valence-electron chi connectivity index (χ3n) is 4.49. The van der Waals surface area contributed by atoms with Crippen molar-refractivity contribution in [2.75, 3.05) is 26.7 Å². The molecule has 1 fully saturated rings. The van der Waals surface area contributed by atoms with Crippen LogP contribution in [0.25, 0.3) is 0 Å². The van der Waals surface area contributed by atoms with E-state index in [0.717, 1.165) is 6.54 Å². The standard InChI is InChI=1S/C18H24N4O3/c1-13(21(3)11-15-7-5-4-6-8-15)18(23)22-9-10-24-16(12-22)17-20-19-14(2)25-17/h4-8,13,16H,9-12H2,1-3H3/t13-,16+/m1/s1. The molecule has 0 aliphatic carbocycles. The summed E-state index contributed by atoms with van der Waals surface area (Å²) in [5.74, 6) is 1.02. The zero-order valence-electron chi connectivity index (χ0n) is 14.9. The Morgan fingerprint density at radius 2 is 2.12 bits per heavy atom. The van der Waals surface area contributed by atoms with Crippen molar-refractivity contribution >= 4 is 5.91 Å². The molecule has 0 spiro atoms. The van der Waals surface area contributed by atoms with Gasteiger partial charge in [-0.1, -0.05) is 30.3 Å². The first-order valence-electron chi connectivity index (χ1n) is 8.49. The van der Waals surface area contributed by atoms with Gasteiger partial charge in [-0.05, 0) is 19.5 Å². The van der Waals surface area contributed by atoms with Crippen LogP contribution in [0.2, 0.25) is 0 Å². The molecule has 2 heterocycles. The summed E-state index contributed by atoms with van der Waals surface area (Å²) in [5, 5.41) is 7.84.